The molecule has 0 atom stereocenters. The number of aliphatic carboxylic acids is 1. The van der Waals surface area contributed by atoms with Crippen molar-refractivity contribution in [1.82, 2.24) is 4.98 Å². The Morgan fingerprint density at radius 1 is 1.18 bits per heavy atom. The van der Waals surface area contributed by atoms with Crippen LogP contribution in [0, 0.1) is 6.92 Å². The minimum absolute atomic E-state index is 0.0186. The second-order valence-electron chi connectivity index (χ2n) is 8.71. The number of aliphatic imine (C=N–C) groups is 1. The Hall–Kier alpha value is -4.12. The molecule has 212 valence electrons. The Bertz CT molecular complexity index is 1440. The van der Waals surface area contributed by atoms with E-state index < -0.39 is 23.7 Å². The summed E-state index contributed by atoms with van der Waals surface area (Å²) < 4.78 is 51.2. The Kier molecular flexibility index (Phi) is 9.75. The molecule has 3 rings (SSSR count). The number of carbonyl (C=O) groups excluding carboxylic acids is 1. The zero-order valence-electron chi connectivity index (χ0n) is 22.2. The summed E-state index contributed by atoms with van der Waals surface area (Å²) >= 11 is 6.56. The number of halogens is 4. The maximum Gasteiger partial charge on any atom is 0.433 e. The molecular weight excluding hydrogens is 551 g/mol. The molecule has 0 bridgehead atoms. The molecule has 3 aromatic rings. The first kappa shape index (κ1) is 30.4. The van der Waals surface area contributed by atoms with Gasteiger partial charge in [0.05, 0.1) is 30.0 Å². The number of aromatic nitrogens is 1. The highest BCUT2D eigenvalue weighted by molar-refractivity contribution is 6.34. The van der Waals surface area contributed by atoms with Crippen LogP contribution in [0.15, 0.2) is 47.6 Å². The van der Waals surface area contributed by atoms with E-state index in [-0.39, 0.29) is 52.5 Å². The van der Waals surface area contributed by atoms with Crippen LogP contribution in [0.4, 0.5) is 18.9 Å². The minimum Gasteiger partial charge on any atom is -0.495 e. The number of methoxy groups -OCH3 is 1. The molecule has 0 radical (unpaired) electrons. The van der Waals surface area contributed by atoms with E-state index in [0.29, 0.717) is 11.4 Å². The normalized spacial score (nSPS) is 11.5. The zero-order valence-corrected chi connectivity index (χ0v) is 22.9. The number of hydrogen-bond donors (Lipinski definition) is 1. The van der Waals surface area contributed by atoms with Gasteiger partial charge in [0.25, 0.3) is 5.91 Å². The molecule has 0 aliphatic carbocycles. The molecule has 0 aliphatic heterocycles. The molecule has 1 aromatic heterocycles. The summed E-state index contributed by atoms with van der Waals surface area (Å²) in [6, 6.07) is 8.92. The molecule has 40 heavy (non-hydrogen) atoms. The molecular formula is C28H27ClF3N3O5. The number of ether oxygens (including phenoxy) is 2. The Labute approximate surface area is 234 Å². The zero-order chi connectivity index (χ0) is 29.6. The molecule has 1 heterocycles. The first-order valence-electron chi connectivity index (χ1n) is 12.0. The van der Waals surface area contributed by atoms with Crippen LogP contribution in [0.3, 0.4) is 0 Å². The van der Waals surface area contributed by atoms with E-state index in [1.165, 1.54) is 37.4 Å². The van der Waals surface area contributed by atoms with E-state index in [1.807, 2.05) is 13.0 Å². The van der Waals surface area contributed by atoms with Crippen LogP contribution in [-0.4, -0.2) is 56.0 Å². The fourth-order valence-corrected chi connectivity index (χ4v) is 4.31. The van der Waals surface area contributed by atoms with Gasteiger partial charge in [0.15, 0.2) is 0 Å². The Morgan fingerprint density at radius 3 is 2.52 bits per heavy atom. The van der Waals surface area contributed by atoms with Gasteiger partial charge in [-0.1, -0.05) is 23.7 Å². The number of carboxylic acids is 1. The van der Waals surface area contributed by atoms with E-state index in [4.69, 9.17) is 26.2 Å². The van der Waals surface area contributed by atoms with Gasteiger partial charge in [-0.25, -0.2) is 0 Å². The number of carbonyl (C=O) groups is 2. The number of alkyl halides is 3. The molecule has 0 unspecified atom stereocenters. The van der Waals surface area contributed by atoms with Crippen molar-refractivity contribution < 1.29 is 37.3 Å². The minimum atomic E-state index is -4.68. The van der Waals surface area contributed by atoms with Crippen molar-refractivity contribution in [3.63, 3.8) is 0 Å². The number of amides is 1. The summed E-state index contributed by atoms with van der Waals surface area (Å²) in [5.41, 5.74) is 0.717. The van der Waals surface area contributed by atoms with Crippen LogP contribution in [0.25, 0.3) is 11.1 Å². The third-order valence-electron chi connectivity index (χ3n) is 5.94. The highest BCUT2D eigenvalue weighted by atomic mass is 35.5. The first-order chi connectivity index (χ1) is 18.9. The Balaban J connectivity index is 2.18. The number of rotatable bonds is 10. The molecule has 1 N–H and O–H groups in total. The highest BCUT2D eigenvalue weighted by Gasteiger charge is 2.33. The summed E-state index contributed by atoms with van der Waals surface area (Å²) in [4.78, 5) is 33.6. The molecule has 0 spiro atoms. The van der Waals surface area contributed by atoms with Crippen molar-refractivity contribution in [2.45, 2.75) is 25.9 Å². The van der Waals surface area contributed by atoms with Crippen molar-refractivity contribution in [3.05, 3.63) is 70.0 Å². The third-order valence-corrected chi connectivity index (χ3v) is 6.25. The lowest BCUT2D eigenvalue weighted by molar-refractivity contribution is -0.141. The van der Waals surface area contributed by atoms with E-state index >= 15 is 0 Å². The smallest absolute Gasteiger partial charge is 0.433 e. The number of benzene rings is 2. The van der Waals surface area contributed by atoms with Gasteiger partial charge < -0.3 is 19.5 Å². The largest absolute Gasteiger partial charge is 0.495 e. The van der Waals surface area contributed by atoms with Crippen molar-refractivity contribution in [2.75, 3.05) is 32.7 Å². The lowest BCUT2D eigenvalue weighted by atomic mass is 9.98. The molecule has 0 fully saturated rings. The van der Waals surface area contributed by atoms with Crippen LogP contribution in [0.5, 0.6) is 11.5 Å². The van der Waals surface area contributed by atoms with E-state index in [2.05, 4.69) is 9.98 Å². The van der Waals surface area contributed by atoms with Crippen LogP contribution in [0.2, 0.25) is 5.02 Å². The number of pyridine rings is 1. The van der Waals surface area contributed by atoms with Gasteiger partial charge >= 0.3 is 12.1 Å². The van der Waals surface area contributed by atoms with Gasteiger partial charge in [-0.3, -0.25) is 19.6 Å². The standard InChI is InChI=1S/C28H27ClF3N3O5/c1-16-7-5-8-22(39-4)26(16)35(3)27(38)19-12-18(21(29)13-23(19)40-10-6-9-25(36)37)20-15-34-24(28(30,31)32)11-17(20)14-33-2/h5,7-8,11-15H,6,9-10H2,1-4H3,(H,36,37). The van der Waals surface area contributed by atoms with Crippen molar-refractivity contribution in [3.8, 4) is 22.6 Å². The van der Waals surface area contributed by atoms with Gasteiger partial charge in [0, 0.05) is 55.7 Å². The number of aryl methyl sites for hydroxylation is 1. The number of anilines is 1. The third kappa shape index (κ3) is 6.90. The predicted octanol–water partition coefficient (Wildman–Crippen LogP) is 6.31. The van der Waals surface area contributed by atoms with Gasteiger partial charge in [0.1, 0.15) is 17.2 Å². The average molecular weight is 578 g/mol. The number of hydrogen-bond acceptors (Lipinski definition) is 6. The molecule has 0 saturated carbocycles. The summed E-state index contributed by atoms with van der Waals surface area (Å²) in [6.07, 6.45) is -2.39. The fourth-order valence-electron chi connectivity index (χ4n) is 4.06. The monoisotopic (exact) mass is 577 g/mol. The van der Waals surface area contributed by atoms with Crippen LogP contribution in [-0.2, 0) is 11.0 Å². The number of nitrogens with zero attached hydrogens (tertiary/aromatic N) is 3. The maximum atomic E-state index is 13.9. The fraction of sp³-hybridized carbons (Fsp3) is 0.286. The van der Waals surface area contributed by atoms with Gasteiger partial charge in [-0.2, -0.15) is 13.2 Å². The Morgan fingerprint density at radius 2 is 1.90 bits per heavy atom. The summed E-state index contributed by atoms with van der Waals surface area (Å²) in [5.74, 6) is -1.000. The molecule has 12 heteroatoms. The first-order valence-corrected chi connectivity index (χ1v) is 12.4. The molecule has 1 amide bonds. The molecule has 0 aliphatic rings. The SMILES string of the molecule is CN=Cc1cc(C(F)(F)F)ncc1-c1cc(C(=O)N(C)c2c(C)cccc2OC)c(OCCCC(=O)O)cc1Cl. The average Bonchev–Trinajstić information content (AvgIpc) is 2.90. The topological polar surface area (TPSA) is 101 Å². The lowest BCUT2D eigenvalue weighted by Crippen LogP contribution is -2.28. The van der Waals surface area contributed by atoms with Crippen molar-refractivity contribution in [2.24, 2.45) is 4.99 Å². The van der Waals surface area contributed by atoms with Crippen LogP contribution < -0.4 is 14.4 Å². The van der Waals surface area contributed by atoms with E-state index in [0.717, 1.165) is 17.8 Å². The second-order valence-corrected chi connectivity index (χ2v) is 9.11. The van der Waals surface area contributed by atoms with Gasteiger partial charge in [-0.05, 0) is 37.1 Å². The number of para-hydroxylation sites is 1. The molecule has 8 nitrogen and oxygen atoms in total. The van der Waals surface area contributed by atoms with Gasteiger partial charge in [0.2, 0.25) is 0 Å². The van der Waals surface area contributed by atoms with Crippen LogP contribution in [0.1, 0.15) is 40.0 Å². The van der Waals surface area contributed by atoms with Gasteiger partial charge in [-0.15, -0.1) is 0 Å². The van der Waals surface area contributed by atoms with E-state index in [1.54, 1.807) is 19.2 Å². The van der Waals surface area contributed by atoms with Crippen LogP contribution >= 0.6 is 11.6 Å². The summed E-state index contributed by atoms with van der Waals surface area (Å²) in [6.45, 7) is 1.79. The molecule has 0 saturated heterocycles. The second kappa shape index (κ2) is 12.8. The maximum absolute atomic E-state index is 13.9. The van der Waals surface area contributed by atoms with E-state index in [9.17, 15) is 22.8 Å². The highest BCUT2D eigenvalue weighted by Crippen LogP contribution is 2.39. The molecule has 2 aromatic carbocycles. The summed E-state index contributed by atoms with van der Waals surface area (Å²) in [5, 5.41) is 9.01. The van der Waals surface area contributed by atoms with Crippen molar-refractivity contribution >= 4 is 35.4 Å². The van der Waals surface area contributed by atoms with Crippen molar-refractivity contribution in [1.29, 1.82) is 0 Å². The quantitative estimate of drug-likeness (QED) is 0.224. The number of carboxylic acid groups (broad SMARTS) is 1. The lowest BCUT2D eigenvalue weighted by Gasteiger charge is -2.24. The summed E-state index contributed by atoms with van der Waals surface area (Å²) in [7, 11) is 4.43. The predicted molar refractivity (Wildman–Crippen MR) is 146 cm³/mol.